The van der Waals surface area contributed by atoms with Gasteiger partial charge in [0, 0.05) is 62.8 Å². The van der Waals surface area contributed by atoms with E-state index in [1.165, 1.54) is 21.3 Å². The molecule has 3 N–H and O–H groups in total. The van der Waals surface area contributed by atoms with Crippen LogP contribution in [0.3, 0.4) is 0 Å². The Bertz CT molecular complexity index is 842. The van der Waals surface area contributed by atoms with Crippen molar-refractivity contribution in [2.45, 2.75) is 25.9 Å². The number of nitrogens with one attached hydrogen (secondary N) is 1. The molecule has 0 spiro atoms. The normalized spacial score (nSPS) is 19.0. The van der Waals surface area contributed by atoms with Gasteiger partial charge < -0.3 is 16.0 Å². The lowest BCUT2D eigenvalue weighted by molar-refractivity contribution is 0.198. The predicted octanol–water partition coefficient (Wildman–Crippen LogP) is 3.14. The van der Waals surface area contributed by atoms with Crippen LogP contribution in [-0.4, -0.2) is 48.8 Å². The second-order valence-corrected chi connectivity index (χ2v) is 8.39. The Kier molecular flexibility index (Phi) is 5.75. The van der Waals surface area contributed by atoms with E-state index in [2.05, 4.69) is 45.7 Å². The van der Waals surface area contributed by atoms with Crippen molar-refractivity contribution < 1.29 is 0 Å². The molecule has 2 aromatic rings. The van der Waals surface area contributed by atoms with Crippen molar-refractivity contribution in [3.8, 4) is 0 Å². The fourth-order valence-electron chi connectivity index (χ4n) is 3.82. The number of fused-ring (bicyclic) bond motifs is 1. The largest absolute Gasteiger partial charge is 0.397 e. The molecule has 7 heteroatoms. The van der Waals surface area contributed by atoms with Crippen LogP contribution in [0.2, 0.25) is 0 Å². The van der Waals surface area contributed by atoms with Crippen LogP contribution >= 0.6 is 11.3 Å². The fourth-order valence-corrected chi connectivity index (χ4v) is 4.95. The van der Waals surface area contributed by atoms with Crippen LogP contribution in [-0.2, 0) is 13.0 Å². The van der Waals surface area contributed by atoms with Gasteiger partial charge in [0.25, 0.3) is 0 Å². The fraction of sp³-hybridized carbons (Fsp3) is 0.429. The SMILES string of the molecule is C=CC=Nc1cc(C(C)N2CCN(c3nc4c(s3)CNCC4)CC2)ccc1N. The van der Waals surface area contributed by atoms with Crippen LogP contribution in [0.15, 0.2) is 35.8 Å². The molecule has 148 valence electrons. The molecule has 0 bridgehead atoms. The van der Waals surface area contributed by atoms with Crippen molar-refractivity contribution in [3.05, 3.63) is 47.0 Å². The third-order valence-corrected chi connectivity index (χ3v) is 6.74. The highest BCUT2D eigenvalue weighted by Gasteiger charge is 2.25. The third-order valence-electron chi connectivity index (χ3n) is 5.58. The van der Waals surface area contributed by atoms with Gasteiger partial charge in [-0.05, 0) is 24.6 Å². The van der Waals surface area contributed by atoms with E-state index in [1.807, 2.05) is 17.4 Å². The Balaban J connectivity index is 1.41. The Morgan fingerprint density at radius 3 is 2.89 bits per heavy atom. The topological polar surface area (TPSA) is 69.8 Å². The molecular formula is C21H28N6S. The monoisotopic (exact) mass is 396 g/mol. The number of aliphatic imine (C=N–C) groups is 1. The van der Waals surface area contributed by atoms with Crippen LogP contribution in [0.25, 0.3) is 0 Å². The lowest BCUT2D eigenvalue weighted by Crippen LogP contribution is -2.47. The summed E-state index contributed by atoms with van der Waals surface area (Å²) in [5.41, 5.74) is 10.1. The minimum Gasteiger partial charge on any atom is -0.397 e. The minimum atomic E-state index is 0.328. The summed E-state index contributed by atoms with van der Waals surface area (Å²) in [5.74, 6) is 0. The second kappa shape index (κ2) is 8.43. The average Bonchev–Trinajstić information content (AvgIpc) is 3.17. The number of hydrogen-bond donors (Lipinski definition) is 2. The molecule has 0 saturated carbocycles. The first-order valence-electron chi connectivity index (χ1n) is 9.88. The van der Waals surface area contributed by atoms with Crippen molar-refractivity contribution in [1.29, 1.82) is 0 Å². The Morgan fingerprint density at radius 1 is 1.32 bits per heavy atom. The predicted molar refractivity (Wildman–Crippen MR) is 119 cm³/mol. The smallest absolute Gasteiger partial charge is 0.185 e. The molecule has 1 unspecified atom stereocenters. The van der Waals surface area contributed by atoms with E-state index in [4.69, 9.17) is 10.7 Å². The molecule has 1 atom stereocenters. The number of piperazine rings is 1. The molecule has 0 aliphatic carbocycles. The van der Waals surface area contributed by atoms with Gasteiger partial charge >= 0.3 is 0 Å². The number of anilines is 2. The molecule has 2 aliphatic rings. The number of aromatic nitrogens is 1. The Labute approximate surface area is 170 Å². The molecule has 2 aliphatic heterocycles. The average molecular weight is 397 g/mol. The van der Waals surface area contributed by atoms with E-state index in [0.717, 1.165) is 51.4 Å². The summed E-state index contributed by atoms with van der Waals surface area (Å²) in [4.78, 5) is 15.7. The maximum atomic E-state index is 6.05. The number of allylic oxidation sites excluding steroid dienone is 1. The van der Waals surface area contributed by atoms with E-state index < -0.39 is 0 Å². The number of rotatable bonds is 5. The number of thiazole rings is 1. The maximum Gasteiger partial charge on any atom is 0.185 e. The summed E-state index contributed by atoms with van der Waals surface area (Å²) in [6.45, 7) is 12.0. The number of nitrogen functional groups attached to an aromatic ring is 1. The molecule has 1 fully saturated rings. The zero-order valence-corrected chi connectivity index (χ0v) is 17.2. The number of nitrogens with two attached hydrogens (primary N) is 1. The van der Waals surface area contributed by atoms with Gasteiger partial charge in [0.1, 0.15) is 0 Å². The molecule has 0 radical (unpaired) electrons. The highest BCUT2D eigenvalue weighted by Crippen LogP contribution is 2.32. The van der Waals surface area contributed by atoms with Gasteiger partial charge in [-0.25, -0.2) is 4.98 Å². The van der Waals surface area contributed by atoms with Gasteiger partial charge in [0.15, 0.2) is 5.13 Å². The van der Waals surface area contributed by atoms with E-state index in [0.29, 0.717) is 11.7 Å². The minimum absolute atomic E-state index is 0.328. The van der Waals surface area contributed by atoms with Gasteiger partial charge in [-0.2, -0.15) is 0 Å². The second-order valence-electron chi connectivity index (χ2n) is 7.32. The van der Waals surface area contributed by atoms with E-state index >= 15 is 0 Å². The quantitative estimate of drug-likeness (QED) is 0.600. The number of hydrogen-bond acceptors (Lipinski definition) is 7. The first kappa shape index (κ1) is 19.1. The van der Waals surface area contributed by atoms with E-state index in [9.17, 15) is 0 Å². The molecule has 1 saturated heterocycles. The van der Waals surface area contributed by atoms with Gasteiger partial charge in [-0.1, -0.05) is 18.7 Å². The van der Waals surface area contributed by atoms with Gasteiger partial charge in [-0.15, -0.1) is 11.3 Å². The summed E-state index contributed by atoms with van der Waals surface area (Å²) < 4.78 is 0. The van der Waals surface area contributed by atoms with Gasteiger partial charge in [0.2, 0.25) is 0 Å². The summed E-state index contributed by atoms with van der Waals surface area (Å²) in [6.07, 6.45) is 4.40. The molecule has 1 aromatic heterocycles. The lowest BCUT2D eigenvalue weighted by atomic mass is 10.0. The summed E-state index contributed by atoms with van der Waals surface area (Å²) in [6, 6.07) is 6.48. The summed E-state index contributed by atoms with van der Waals surface area (Å²) in [5, 5.41) is 4.63. The number of benzene rings is 1. The molecule has 1 aromatic carbocycles. The van der Waals surface area contributed by atoms with Crippen LogP contribution in [0.5, 0.6) is 0 Å². The molecule has 4 rings (SSSR count). The number of nitrogens with zero attached hydrogens (tertiary/aromatic N) is 4. The molecule has 28 heavy (non-hydrogen) atoms. The highest BCUT2D eigenvalue weighted by molar-refractivity contribution is 7.15. The van der Waals surface area contributed by atoms with Crippen LogP contribution < -0.4 is 16.0 Å². The third kappa shape index (κ3) is 3.97. The van der Waals surface area contributed by atoms with Crippen molar-refractivity contribution >= 4 is 34.1 Å². The summed E-state index contributed by atoms with van der Waals surface area (Å²) >= 11 is 1.85. The molecule has 6 nitrogen and oxygen atoms in total. The van der Waals surface area contributed by atoms with Gasteiger partial charge in [0.05, 0.1) is 17.1 Å². The van der Waals surface area contributed by atoms with Gasteiger partial charge in [-0.3, -0.25) is 9.89 Å². The van der Waals surface area contributed by atoms with E-state index in [1.54, 1.807) is 12.3 Å². The lowest BCUT2D eigenvalue weighted by Gasteiger charge is -2.38. The first-order chi connectivity index (χ1) is 13.7. The zero-order chi connectivity index (χ0) is 19.5. The Morgan fingerprint density at radius 2 is 2.14 bits per heavy atom. The van der Waals surface area contributed by atoms with E-state index in [-0.39, 0.29) is 0 Å². The van der Waals surface area contributed by atoms with Crippen molar-refractivity contribution in [1.82, 2.24) is 15.2 Å². The van der Waals surface area contributed by atoms with Crippen molar-refractivity contribution in [3.63, 3.8) is 0 Å². The van der Waals surface area contributed by atoms with Crippen LogP contribution in [0.1, 0.15) is 29.1 Å². The van der Waals surface area contributed by atoms with Crippen molar-refractivity contribution in [2.24, 2.45) is 4.99 Å². The molecule has 3 heterocycles. The standard InChI is InChI=1S/C21H28N6S/c1-3-7-24-19-13-16(4-5-17(19)22)15(2)26-9-11-27(12-10-26)21-25-18-6-8-23-14-20(18)28-21/h3-5,7,13,15,23H,1,6,8-12,14,22H2,2H3. The zero-order valence-electron chi connectivity index (χ0n) is 16.4. The van der Waals surface area contributed by atoms with Crippen molar-refractivity contribution in [2.75, 3.05) is 43.4 Å². The molecular weight excluding hydrogens is 368 g/mol. The highest BCUT2D eigenvalue weighted by atomic mass is 32.1. The molecule has 0 amide bonds. The maximum absolute atomic E-state index is 6.05. The van der Waals surface area contributed by atoms with Crippen LogP contribution in [0.4, 0.5) is 16.5 Å². The Hall–Kier alpha value is -2.22. The van der Waals surface area contributed by atoms with Crippen LogP contribution in [0, 0.1) is 0 Å². The first-order valence-corrected chi connectivity index (χ1v) is 10.7. The summed E-state index contributed by atoms with van der Waals surface area (Å²) in [7, 11) is 0.